The lowest BCUT2D eigenvalue weighted by Crippen LogP contribution is -2.38. The molecule has 1 N–H and O–H groups in total. The van der Waals surface area contributed by atoms with Crippen molar-refractivity contribution in [2.75, 3.05) is 0 Å². The molecule has 0 saturated heterocycles. The summed E-state index contributed by atoms with van der Waals surface area (Å²) in [5.74, 6) is 1.21. The highest BCUT2D eigenvalue weighted by Gasteiger charge is 2.34. The minimum absolute atomic E-state index is 0.109. The lowest BCUT2D eigenvalue weighted by Gasteiger charge is -2.31. The standard InChI is InChI=1S/C31H39N7O2/c1-4-5-12-26-20-38(29-27(21(2)3)13-7-6-8-14-28(29)39)31(40)37(26)19-25-18-23(15-16-32-25)22-10-9-11-24(17-22)30-33-35-36-34-30/h9-11,15-18,20-21,27,29H,4-8,12-14,19H2,1-3H3,(H,33,34,35,36). The summed E-state index contributed by atoms with van der Waals surface area (Å²) >= 11 is 0. The van der Waals surface area contributed by atoms with Crippen molar-refractivity contribution in [2.45, 2.75) is 84.7 Å². The number of imidazole rings is 1. The number of nitrogens with one attached hydrogen (secondary N) is 1. The van der Waals surface area contributed by atoms with Crippen LogP contribution in [0.3, 0.4) is 0 Å². The molecule has 210 valence electrons. The van der Waals surface area contributed by atoms with Crippen LogP contribution in [0.4, 0.5) is 0 Å². The third-order valence-corrected chi connectivity index (χ3v) is 8.16. The molecule has 4 aromatic rings. The van der Waals surface area contributed by atoms with Crippen molar-refractivity contribution in [3.63, 3.8) is 0 Å². The molecule has 0 spiro atoms. The predicted molar refractivity (Wildman–Crippen MR) is 155 cm³/mol. The summed E-state index contributed by atoms with van der Waals surface area (Å²) in [6, 6.07) is 11.6. The summed E-state index contributed by atoms with van der Waals surface area (Å²) < 4.78 is 3.60. The van der Waals surface area contributed by atoms with E-state index in [1.807, 2.05) is 47.2 Å². The number of aryl methyl sites for hydroxylation is 1. The van der Waals surface area contributed by atoms with E-state index < -0.39 is 6.04 Å². The van der Waals surface area contributed by atoms with Gasteiger partial charge in [-0.05, 0) is 72.1 Å². The zero-order valence-electron chi connectivity index (χ0n) is 23.7. The summed E-state index contributed by atoms with van der Waals surface area (Å²) in [5.41, 5.74) is 4.51. The number of hydrogen-bond donors (Lipinski definition) is 1. The van der Waals surface area contributed by atoms with E-state index in [0.29, 0.717) is 24.7 Å². The van der Waals surface area contributed by atoms with Gasteiger partial charge in [0.15, 0.2) is 5.78 Å². The number of Topliss-reactive ketones (excluding diaryl/α,β-unsaturated/α-hetero) is 1. The molecule has 1 aliphatic carbocycles. The molecule has 0 bridgehead atoms. The summed E-state index contributed by atoms with van der Waals surface area (Å²) in [4.78, 5) is 32.1. The molecule has 1 fully saturated rings. The van der Waals surface area contributed by atoms with Gasteiger partial charge in [0.25, 0.3) is 0 Å². The van der Waals surface area contributed by atoms with Crippen molar-refractivity contribution in [3.8, 4) is 22.5 Å². The normalized spacial score (nSPS) is 18.1. The maximum Gasteiger partial charge on any atom is 0.329 e. The smallest absolute Gasteiger partial charge is 0.297 e. The van der Waals surface area contributed by atoms with Crippen molar-refractivity contribution in [2.24, 2.45) is 11.8 Å². The van der Waals surface area contributed by atoms with Gasteiger partial charge in [0, 0.05) is 30.1 Å². The van der Waals surface area contributed by atoms with Crippen LogP contribution in [0, 0.1) is 11.8 Å². The van der Waals surface area contributed by atoms with Crippen LogP contribution in [0.1, 0.15) is 83.1 Å². The monoisotopic (exact) mass is 541 g/mol. The second-order valence-electron chi connectivity index (χ2n) is 11.3. The predicted octanol–water partition coefficient (Wildman–Crippen LogP) is 5.63. The Morgan fingerprint density at radius 1 is 1.05 bits per heavy atom. The van der Waals surface area contributed by atoms with Gasteiger partial charge in [-0.15, -0.1) is 10.2 Å². The first-order valence-electron chi connectivity index (χ1n) is 14.6. The third kappa shape index (κ3) is 5.98. The molecule has 40 heavy (non-hydrogen) atoms. The number of carbonyl (C=O) groups excluding carboxylic acids is 1. The van der Waals surface area contributed by atoms with E-state index in [9.17, 15) is 9.59 Å². The van der Waals surface area contributed by atoms with Gasteiger partial charge in [0.2, 0.25) is 5.82 Å². The molecule has 9 heteroatoms. The Balaban J connectivity index is 1.50. The van der Waals surface area contributed by atoms with Crippen LogP contribution in [-0.2, 0) is 17.8 Å². The zero-order valence-corrected chi connectivity index (χ0v) is 23.7. The minimum Gasteiger partial charge on any atom is -0.297 e. The van der Waals surface area contributed by atoms with Gasteiger partial charge < -0.3 is 0 Å². The molecule has 1 saturated carbocycles. The molecular formula is C31H39N7O2. The largest absolute Gasteiger partial charge is 0.329 e. The molecule has 3 aromatic heterocycles. The highest BCUT2D eigenvalue weighted by molar-refractivity contribution is 5.83. The Hall–Kier alpha value is -3.88. The lowest BCUT2D eigenvalue weighted by atomic mass is 9.79. The number of benzene rings is 1. The first kappa shape index (κ1) is 27.7. The van der Waals surface area contributed by atoms with E-state index >= 15 is 0 Å². The van der Waals surface area contributed by atoms with Crippen LogP contribution >= 0.6 is 0 Å². The molecule has 0 amide bonds. The number of aromatic nitrogens is 7. The van der Waals surface area contributed by atoms with Crippen molar-refractivity contribution in [1.82, 2.24) is 34.7 Å². The second kappa shape index (κ2) is 12.5. The first-order chi connectivity index (χ1) is 19.5. The molecule has 3 heterocycles. The maximum absolute atomic E-state index is 14.0. The quantitative estimate of drug-likeness (QED) is 0.294. The highest BCUT2D eigenvalue weighted by Crippen LogP contribution is 2.34. The fourth-order valence-corrected chi connectivity index (χ4v) is 5.96. The number of rotatable bonds is 9. The summed E-state index contributed by atoms with van der Waals surface area (Å²) in [6.45, 7) is 6.86. The van der Waals surface area contributed by atoms with E-state index in [2.05, 4.69) is 46.4 Å². The number of carbonyl (C=O) groups is 1. The Morgan fingerprint density at radius 2 is 1.88 bits per heavy atom. The zero-order chi connectivity index (χ0) is 28.1. The van der Waals surface area contributed by atoms with Crippen LogP contribution in [0.25, 0.3) is 22.5 Å². The first-order valence-corrected chi connectivity index (χ1v) is 14.6. The van der Waals surface area contributed by atoms with Crippen LogP contribution in [-0.4, -0.2) is 40.5 Å². The average Bonchev–Trinajstić information content (AvgIpc) is 3.59. The number of aromatic amines is 1. The fraction of sp³-hybridized carbons (Fsp3) is 0.484. The van der Waals surface area contributed by atoms with E-state index in [1.54, 1.807) is 10.8 Å². The van der Waals surface area contributed by atoms with Crippen molar-refractivity contribution in [3.05, 3.63) is 70.7 Å². The number of H-pyrrole nitrogens is 1. The van der Waals surface area contributed by atoms with Crippen molar-refractivity contribution in [1.29, 1.82) is 0 Å². The molecule has 0 radical (unpaired) electrons. The third-order valence-electron chi connectivity index (χ3n) is 8.16. The SMILES string of the molecule is CCCCc1cn(C2C(=O)CCCCCC2C(C)C)c(=O)n1Cc1cc(-c2cccc(-c3nn[nH]n3)c2)ccn1. The summed E-state index contributed by atoms with van der Waals surface area (Å²) in [6.07, 6.45) is 11.2. The van der Waals surface area contributed by atoms with Crippen LogP contribution in [0.2, 0.25) is 0 Å². The molecule has 1 aromatic carbocycles. The Morgan fingerprint density at radius 3 is 2.65 bits per heavy atom. The Bertz CT molecular complexity index is 1490. The maximum atomic E-state index is 14.0. The molecule has 2 unspecified atom stereocenters. The fourth-order valence-electron chi connectivity index (χ4n) is 5.96. The number of nitrogens with zero attached hydrogens (tertiary/aromatic N) is 6. The van der Waals surface area contributed by atoms with Crippen molar-refractivity contribution >= 4 is 5.78 Å². The van der Waals surface area contributed by atoms with E-state index in [4.69, 9.17) is 0 Å². The van der Waals surface area contributed by atoms with Gasteiger partial charge in [0.1, 0.15) is 0 Å². The van der Waals surface area contributed by atoms with Gasteiger partial charge >= 0.3 is 5.69 Å². The van der Waals surface area contributed by atoms with Crippen LogP contribution in [0.15, 0.2) is 53.6 Å². The molecule has 0 aliphatic heterocycles. The lowest BCUT2D eigenvalue weighted by molar-refractivity contribution is -0.125. The number of hydrogen-bond acceptors (Lipinski definition) is 6. The second-order valence-corrected chi connectivity index (χ2v) is 11.3. The number of tetrazole rings is 1. The van der Waals surface area contributed by atoms with E-state index in [1.165, 1.54) is 0 Å². The summed E-state index contributed by atoms with van der Waals surface area (Å²) in [5, 5.41) is 14.3. The van der Waals surface area contributed by atoms with Gasteiger partial charge in [0.05, 0.1) is 18.3 Å². The van der Waals surface area contributed by atoms with Crippen LogP contribution in [0.5, 0.6) is 0 Å². The van der Waals surface area contributed by atoms with E-state index in [-0.39, 0.29) is 17.4 Å². The summed E-state index contributed by atoms with van der Waals surface area (Å²) in [7, 11) is 0. The number of ketones is 1. The topological polar surface area (TPSA) is 111 Å². The molecule has 9 nitrogen and oxygen atoms in total. The number of pyridine rings is 1. The number of unbranched alkanes of at least 4 members (excludes halogenated alkanes) is 1. The molecular weight excluding hydrogens is 502 g/mol. The van der Waals surface area contributed by atoms with E-state index in [0.717, 1.165) is 73.0 Å². The van der Waals surface area contributed by atoms with Gasteiger partial charge in [-0.3, -0.25) is 18.9 Å². The van der Waals surface area contributed by atoms with Gasteiger partial charge in [-0.25, -0.2) is 4.79 Å². The molecule has 1 aliphatic rings. The Kier molecular flexibility index (Phi) is 8.67. The minimum atomic E-state index is -0.401. The Labute approximate surface area is 235 Å². The van der Waals surface area contributed by atoms with Crippen molar-refractivity contribution < 1.29 is 4.79 Å². The van der Waals surface area contributed by atoms with Gasteiger partial charge in [-0.1, -0.05) is 58.2 Å². The van der Waals surface area contributed by atoms with Gasteiger partial charge in [-0.2, -0.15) is 5.21 Å². The molecule has 2 atom stereocenters. The highest BCUT2D eigenvalue weighted by atomic mass is 16.2. The van der Waals surface area contributed by atoms with Crippen LogP contribution < -0.4 is 5.69 Å². The average molecular weight is 542 g/mol. The molecule has 5 rings (SSSR count).